The monoisotopic (exact) mass is 327 g/mol. The van der Waals surface area contributed by atoms with Gasteiger partial charge in [-0.1, -0.05) is 36.4 Å². The van der Waals surface area contributed by atoms with E-state index in [1.807, 2.05) is 28.9 Å². The highest BCUT2D eigenvalue weighted by molar-refractivity contribution is 5.96. The molecule has 1 aromatic carbocycles. The van der Waals surface area contributed by atoms with E-state index in [9.17, 15) is 4.79 Å². The summed E-state index contributed by atoms with van der Waals surface area (Å²) in [7, 11) is 0. The molecule has 3 aromatic rings. The lowest BCUT2D eigenvalue weighted by atomic mass is 10.0. The van der Waals surface area contributed by atoms with E-state index in [1.54, 1.807) is 13.8 Å². The van der Waals surface area contributed by atoms with Crippen LogP contribution in [0.25, 0.3) is 11.0 Å². The molecule has 126 valence electrons. The number of benzene rings is 1. The third-order valence-corrected chi connectivity index (χ3v) is 4.17. The van der Waals surface area contributed by atoms with Gasteiger partial charge in [-0.05, 0) is 31.9 Å². The van der Waals surface area contributed by atoms with E-state index in [0.717, 1.165) is 11.0 Å². The highest BCUT2D eigenvalue weighted by Gasteiger charge is 2.23. The number of carbonyl (C=O) groups is 1. The van der Waals surface area contributed by atoms with Gasteiger partial charge in [-0.2, -0.15) is 0 Å². The number of aryl methyl sites for hydroxylation is 2. The van der Waals surface area contributed by atoms with Crippen molar-refractivity contribution in [2.24, 2.45) is 5.92 Å². The summed E-state index contributed by atoms with van der Waals surface area (Å²) < 4.78 is 6.91. The van der Waals surface area contributed by atoms with Crippen LogP contribution >= 0.6 is 0 Å². The number of hydrogen-bond donors (Lipinski definition) is 1. The average molecular weight is 327 g/mol. The van der Waals surface area contributed by atoms with E-state index in [0.29, 0.717) is 23.6 Å². The first kappa shape index (κ1) is 16.2. The first-order valence-corrected chi connectivity index (χ1v) is 7.99. The number of amides is 1. The molecule has 1 N–H and O–H groups in total. The summed E-state index contributed by atoms with van der Waals surface area (Å²) in [5.41, 5.74) is 2.90. The number of nitrogens with zero attached hydrogens (tertiary/aromatic N) is 4. The Labute approximate surface area is 140 Å². The number of carbonyl (C=O) groups excluding carboxylic acids is 1. The van der Waals surface area contributed by atoms with E-state index in [-0.39, 0.29) is 17.9 Å². The maximum atomic E-state index is 12.6. The topological polar surface area (TPSA) is 85.8 Å². The summed E-state index contributed by atoms with van der Waals surface area (Å²) in [4.78, 5) is 12.6. The Hall–Kier alpha value is -2.70. The van der Waals surface area contributed by atoms with Gasteiger partial charge in [-0.3, -0.25) is 4.79 Å². The molecule has 0 unspecified atom stereocenters. The van der Waals surface area contributed by atoms with E-state index in [2.05, 4.69) is 34.6 Å². The summed E-state index contributed by atoms with van der Waals surface area (Å²) >= 11 is 0. The van der Waals surface area contributed by atoms with Gasteiger partial charge in [0.25, 0.3) is 5.91 Å². The maximum Gasteiger partial charge on any atom is 0.257 e. The van der Waals surface area contributed by atoms with Crippen LogP contribution in [0.15, 0.2) is 28.8 Å². The molecule has 1 amide bonds. The minimum atomic E-state index is -0.172. The molecule has 0 aliphatic heterocycles. The molecule has 7 nitrogen and oxygen atoms in total. The third kappa shape index (κ3) is 3.02. The van der Waals surface area contributed by atoms with E-state index in [4.69, 9.17) is 4.52 Å². The van der Waals surface area contributed by atoms with Crippen LogP contribution < -0.4 is 5.32 Å². The van der Waals surface area contributed by atoms with Crippen molar-refractivity contribution in [3.8, 4) is 0 Å². The molecule has 0 bridgehead atoms. The molecule has 0 aliphatic carbocycles. The number of hydrogen-bond acceptors (Lipinski definition) is 5. The van der Waals surface area contributed by atoms with Gasteiger partial charge < -0.3 is 9.84 Å². The van der Waals surface area contributed by atoms with Crippen molar-refractivity contribution in [1.82, 2.24) is 25.5 Å². The van der Waals surface area contributed by atoms with Gasteiger partial charge in [0.2, 0.25) is 0 Å². The lowest BCUT2D eigenvalue weighted by molar-refractivity contribution is 0.0917. The zero-order valence-corrected chi connectivity index (χ0v) is 14.3. The minimum absolute atomic E-state index is 0.0868. The largest absolute Gasteiger partial charge is 0.361 e. The zero-order valence-electron chi connectivity index (χ0n) is 14.3. The van der Waals surface area contributed by atoms with Crippen LogP contribution in [0.1, 0.15) is 35.7 Å². The van der Waals surface area contributed by atoms with Gasteiger partial charge in [0.1, 0.15) is 16.8 Å². The van der Waals surface area contributed by atoms with Gasteiger partial charge in [0.05, 0.1) is 23.8 Å². The van der Waals surface area contributed by atoms with Crippen LogP contribution in [0, 0.1) is 19.8 Å². The Morgan fingerprint density at radius 3 is 2.71 bits per heavy atom. The SMILES string of the molecule is Cc1noc(C)c1C(=O)N[C@@H](Cn1nnc2ccccc21)C(C)C. The van der Waals surface area contributed by atoms with Crippen molar-refractivity contribution in [3.05, 3.63) is 41.3 Å². The van der Waals surface area contributed by atoms with Crippen molar-refractivity contribution < 1.29 is 9.32 Å². The average Bonchev–Trinajstić information content (AvgIpc) is 3.10. The molecule has 24 heavy (non-hydrogen) atoms. The summed E-state index contributed by atoms with van der Waals surface area (Å²) in [6, 6.07) is 7.70. The molecule has 0 saturated carbocycles. The molecule has 7 heteroatoms. The van der Waals surface area contributed by atoms with Crippen LogP contribution in [0.3, 0.4) is 0 Å². The first-order valence-electron chi connectivity index (χ1n) is 7.99. The molecule has 0 fully saturated rings. The summed E-state index contributed by atoms with van der Waals surface area (Å²) in [6.07, 6.45) is 0. The van der Waals surface area contributed by atoms with Gasteiger partial charge >= 0.3 is 0 Å². The van der Waals surface area contributed by atoms with Crippen molar-refractivity contribution in [3.63, 3.8) is 0 Å². The Balaban J connectivity index is 1.82. The summed E-state index contributed by atoms with van der Waals surface area (Å²) in [6.45, 7) is 8.19. The smallest absolute Gasteiger partial charge is 0.257 e. The second-order valence-electron chi connectivity index (χ2n) is 6.28. The fraction of sp³-hybridized carbons (Fsp3) is 0.412. The fourth-order valence-electron chi connectivity index (χ4n) is 2.71. The quantitative estimate of drug-likeness (QED) is 0.778. The molecule has 2 aromatic heterocycles. The predicted octanol–water partition coefficient (Wildman–Crippen LogP) is 2.49. The predicted molar refractivity (Wildman–Crippen MR) is 89.6 cm³/mol. The molecule has 0 radical (unpaired) electrons. The Morgan fingerprint density at radius 1 is 1.29 bits per heavy atom. The second kappa shape index (κ2) is 6.43. The van der Waals surface area contributed by atoms with Gasteiger partial charge in [0, 0.05) is 0 Å². The number of aromatic nitrogens is 4. The van der Waals surface area contributed by atoms with Crippen LogP contribution in [-0.4, -0.2) is 32.1 Å². The van der Waals surface area contributed by atoms with Gasteiger partial charge in [-0.25, -0.2) is 4.68 Å². The van der Waals surface area contributed by atoms with Crippen LogP contribution in [0.5, 0.6) is 0 Å². The lowest BCUT2D eigenvalue weighted by Gasteiger charge is -2.22. The molecule has 0 spiro atoms. The Kier molecular flexibility index (Phi) is 4.33. The molecule has 0 aliphatic rings. The van der Waals surface area contributed by atoms with Crippen LogP contribution in [0.4, 0.5) is 0 Å². The summed E-state index contributed by atoms with van der Waals surface area (Å²) in [5, 5.41) is 15.3. The molecule has 1 atom stereocenters. The zero-order chi connectivity index (χ0) is 17.3. The van der Waals surface area contributed by atoms with Gasteiger partial charge in [0.15, 0.2) is 0 Å². The highest BCUT2D eigenvalue weighted by atomic mass is 16.5. The standard InChI is InChI=1S/C17H21N5O2/c1-10(2)14(18-17(23)16-11(3)20-24-12(16)4)9-22-15-8-6-5-7-13(15)19-21-22/h5-8,10,14H,9H2,1-4H3,(H,18,23)/t14-/m0/s1. The van der Waals surface area contributed by atoms with Crippen molar-refractivity contribution in [1.29, 1.82) is 0 Å². The normalized spacial score (nSPS) is 12.7. The Bertz CT molecular complexity index is 845. The third-order valence-electron chi connectivity index (χ3n) is 4.17. The van der Waals surface area contributed by atoms with E-state index >= 15 is 0 Å². The lowest BCUT2D eigenvalue weighted by Crippen LogP contribution is -2.42. The van der Waals surface area contributed by atoms with Crippen LogP contribution in [0.2, 0.25) is 0 Å². The number of fused-ring (bicyclic) bond motifs is 1. The number of nitrogens with one attached hydrogen (secondary N) is 1. The van der Waals surface area contributed by atoms with Crippen LogP contribution in [-0.2, 0) is 6.54 Å². The van der Waals surface area contributed by atoms with Crippen molar-refractivity contribution in [2.45, 2.75) is 40.3 Å². The van der Waals surface area contributed by atoms with Crippen molar-refractivity contribution >= 4 is 16.9 Å². The Morgan fingerprint density at radius 2 is 2.04 bits per heavy atom. The maximum absolute atomic E-state index is 12.6. The number of rotatable bonds is 5. The molecule has 2 heterocycles. The molecular formula is C17H21N5O2. The van der Waals surface area contributed by atoms with Crippen molar-refractivity contribution in [2.75, 3.05) is 0 Å². The van der Waals surface area contributed by atoms with E-state index in [1.165, 1.54) is 0 Å². The van der Waals surface area contributed by atoms with E-state index < -0.39 is 0 Å². The molecule has 0 saturated heterocycles. The fourth-order valence-corrected chi connectivity index (χ4v) is 2.71. The minimum Gasteiger partial charge on any atom is -0.361 e. The molecule has 3 rings (SSSR count). The first-order chi connectivity index (χ1) is 11.5. The second-order valence-corrected chi connectivity index (χ2v) is 6.28. The summed E-state index contributed by atoms with van der Waals surface area (Å²) in [5.74, 6) is 0.588. The van der Waals surface area contributed by atoms with Gasteiger partial charge in [-0.15, -0.1) is 5.10 Å². The number of para-hydroxylation sites is 1. The highest BCUT2D eigenvalue weighted by Crippen LogP contribution is 2.15. The molecular weight excluding hydrogens is 306 g/mol.